The van der Waals surface area contributed by atoms with Crippen molar-refractivity contribution in [2.45, 2.75) is 39.2 Å². The van der Waals surface area contributed by atoms with Crippen molar-refractivity contribution in [3.63, 3.8) is 0 Å². The number of carbonyl (C=O) groups excluding carboxylic acids is 3. The number of anilines is 1. The van der Waals surface area contributed by atoms with Gasteiger partial charge in [0.1, 0.15) is 18.2 Å². The number of ether oxygens (including phenoxy) is 1. The van der Waals surface area contributed by atoms with E-state index in [1.165, 1.54) is 17.0 Å². The summed E-state index contributed by atoms with van der Waals surface area (Å²) in [5.74, 6) is -0.456. The highest BCUT2D eigenvalue weighted by Crippen LogP contribution is 2.21. The number of aliphatic hydroxyl groups is 1. The summed E-state index contributed by atoms with van der Waals surface area (Å²) in [6.07, 6.45) is 2.15. The van der Waals surface area contributed by atoms with Gasteiger partial charge in [0.2, 0.25) is 5.91 Å². The zero-order valence-electron chi connectivity index (χ0n) is 22.2. The Labute approximate surface area is 244 Å². The molecule has 10 nitrogen and oxygen atoms in total. The number of pyridine rings is 1. The molecule has 3 aromatic rings. The first-order valence-electron chi connectivity index (χ1n) is 12.9. The molecule has 3 rings (SSSR count). The number of benzene rings is 2. The van der Waals surface area contributed by atoms with Crippen LogP contribution in [0, 0.1) is 5.82 Å². The Morgan fingerprint density at radius 3 is 2.59 bits per heavy atom. The van der Waals surface area contributed by atoms with Gasteiger partial charge in [-0.2, -0.15) is 0 Å². The minimum Gasteiger partial charge on any atom is -0.447 e. The van der Waals surface area contributed by atoms with Gasteiger partial charge < -0.3 is 25.4 Å². The Balaban J connectivity index is 0.00000588. The van der Waals surface area contributed by atoms with Crippen molar-refractivity contribution in [2.24, 2.45) is 0 Å². The number of carbonyl (C=O) groups is 3. The topological polar surface area (TPSA) is 133 Å². The molecular formula is C29H37ClFN5O5. The van der Waals surface area contributed by atoms with E-state index in [1.807, 2.05) is 24.3 Å². The number of rotatable bonds is 13. The van der Waals surface area contributed by atoms with Crippen LogP contribution >= 0.6 is 11.6 Å². The van der Waals surface area contributed by atoms with Crippen molar-refractivity contribution in [3.05, 3.63) is 71.1 Å². The second-order valence-corrected chi connectivity index (χ2v) is 9.44. The van der Waals surface area contributed by atoms with Crippen LogP contribution in [0.1, 0.15) is 32.3 Å². The average Bonchev–Trinajstić information content (AvgIpc) is 2.95. The van der Waals surface area contributed by atoms with E-state index in [2.05, 4.69) is 20.9 Å². The van der Waals surface area contributed by atoms with Crippen molar-refractivity contribution in [3.8, 4) is 0 Å². The number of hydrogen-bond acceptors (Lipinski definition) is 6. The van der Waals surface area contributed by atoms with Gasteiger partial charge in [-0.3, -0.25) is 10.1 Å². The highest BCUT2D eigenvalue weighted by Gasteiger charge is 2.22. The number of fused-ring (bicyclic) bond motifs is 1. The van der Waals surface area contributed by atoms with Gasteiger partial charge in [-0.25, -0.2) is 19.0 Å². The molecule has 0 bridgehead atoms. The lowest BCUT2D eigenvalue weighted by Gasteiger charge is -2.28. The van der Waals surface area contributed by atoms with Gasteiger partial charge in [-0.1, -0.05) is 55.4 Å². The van der Waals surface area contributed by atoms with Crippen molar-refractivity contribution < 1.29 is 28.6 Å². The lowest BCUT2D eigenvalue weighted by atomic mass is 10.1. The van der Waals surface area contributed by atoms with Crippen LogP contribution in [0.15, 0.2) is 54.7 Å². The smallest absolute Gasteiger partial charge is 0.412 e. The molecule has 12 heteroatoms. The number of aliphatic hydroxyl groups excluding tert-OH is 1. The maximum absolute atomic E-state index is 13.8. The van der Waals surface area contributed by atoms with E-state index < -0.39 is 24.0 Å². The molecule has 1 heterocycles. The Hall–Kier alpha value is -3.96. The number of likely N-dealkylation sites (N-methyl/N-ethyl adjacent to an activating group) is 1. The quantitative estimate of drug-likeness (QED) is 0.213. The molecule has 0 aliphatic heterocycles. The average molecular weight is 590 g/mol. The molecule has 0 saturated heterocycles. The predicted octanol–water partition coefficient (Wildman–Crippen LogP) is 4.74. The van der Waals surface area contributed by atoms with Gasteiger partial charge in [0.05, 0.1) is 17.7 Å². The first-order valence-corrected chi connectivity index (χ1v) is 13.3. The zero-order valence-corrected chi connectivity index (χ0v) is 22.9. The number of halogens is 2. The molecule has 0 aliphatic carbocycles. The molecule has 41 heavy (non-hydrogen) atoms. The molecule has 222 valence electrons. The monoisotopic (exact) mass is 589 g/mol. The summed E-state index contributed by atoms with van der Waals surface area (Å²) >= 11 is 6.02. The molecule has 0 unspecified atom stereocenters. The molecule has 0 saturated carbocycles. The third kappa shape index (κ3) is 10.5. The molecule has 4 amide bonds. The van der Waals surface area contributed by atoms with E-state index in [0.717, 1.165) is 10.8 Å². The molecule has 2 aromatic carbocycles. The van der Waals surface area contributed by atoms with E-state index in [0.29, 0.717) is 30.8 Å². The highest BCUT2D eigenvalue weighted by molar-refractivity contribution is 6.31. The third-order valence-corrected chi connectivity index (χ3v) is 6.67. The first kappa shape index (κ1) is 33.2. The summed E-state index contributed by atoms with van der Waals surface area (Å²) in [6.45, 7) is 0.175. The van der Waals surface area contributed by atoms with Gasteiger partial charge in [0.15, 0.2) is 0 Å². The lowest BCUT2D eigenvalue weighted by molar-refractivity contribution is -0.132. The zero-order chi connectivity index (χ0) is 28.9. The minimum atomic E-state index is -0.721. The van der Waals surface area contributed by atoms with Crippen LogP contribution in [0.25, 0.3) is 10.8 Å². The molecule has 1 aromatic heterocycles. The van der Waals surface area contributed by atoms with E-state index in [4.69, 9.17) is 21.4 Å². The number of hydrogen-bond donors (Lipinski definition) is 4. The van der Waals surface area contributed by atoms with E-state index in [9.17, 15) is 18.8 Å². The van der Waals surface area contributed by atoms with Crippen molar-refractivity contribution in [1.29, 1.82) is 0 Å². The Bertz CT molecular complexity index is 1310. The molecule has 0 aliphatic rings. The molecule has 0 spiro atoms. The second-order valence-electron chi connectivity index (χ2n) is 9.06. The van der Waals surface area contributed by atoms with Gasteiger partial charge >= 0.3 is 12.1 Å². The molecule has 0 radical (unpaired) electrons. The Morgan fingerprint density at radius 1 is 1.10 bits per heavy atom. The van der Waals surface area contributed by atoms with Crippen molar-refractivity contribution >= 4 is 46.2 Å². The van der Waals surface area contributed by atoms with Gasteiger partial charge in [-0.15, -0.1) is 0 Å². The fourth-order valence-corrected chi connectivity index (χ4v) is 4.21. The summed E-state index contributed by atoms with van der Waals surface area (Å²) in [4.78, 5) is 43.0. The van der Waals surface area contributed by atoms with Gasteiger partial charge in [-0.05, 0) is 42.3 Å². The Kier molecular flexibility index (Phi) is 13.8. The summed E-state index contributed by atoms with van der Waals surface area (Å²) in [6, 6.07) is 12.9. The largest absolute Gasteiger partial charge is 0.447 e. The Morgan fingerprint density at radius 2 is 1.83 bits per heavy atom. The van der Waals surface area contributed by atoms with Gasteiger partial charge in [0, 0.05) is 38.1 Å². The van der Waals surface area contributed by atoms with Crippen LogP contribution < -0.4 is 16.0 Å². The van der Waals surface area contributed by atoms with E-state index in [1.54, 1.807) is 25.4 Å². The van der Waals surface area contributed by atoms with Crippen molar-refractivity contribution in [2.75, 3.05) is 38.7 Å². The van der Waals surface area contributed by atoms with Crippen LogP contribution in [-0.2, 0) is 16.0 Å². The first-order chi connectivity index (χ1) is 19.3. The number of urea groups is 1. The maximum Gasteiger partial charge on any atom is 0.412 e. The standard InChI is InChI=1S/C28H33ClFN5O5.CH4/c1-35(25(37)12-11-19-8-4-10-23(30)26(19)29)22(9-5-13-31-27(38)32-14-15-36)18-40-28(39)34-24-16-20-6-2-3-7-21(20)17-33-24;/h2-4,6-8,10,16-17,22,36H,5,9,11-15,18H2,1H3,(H2,31,32,38)(H,33,34,39);1H4/t22-;/m0./s1. The summed E-state index contributed by atoms with van der Waals surface area (Å²) in [7, 11) is 1.60. The van der Waals surface area contributed by atoms with Crippen molar-refractivity contribution in [1.82, 2.24) is 20.5 Å². The van der Waals surface area contributed by atoms with Crippen LogP contribution in [0.5, 0.6) is 0 Å². The van der Waals surface area contributed by atoms with E-state index >= 15 is 0 Å². The molecule has 4 N–H and O–H groups in total. The summed E-state index contributed by atoms with van der Waals surface area (Å²) in [5, 5.41) is 18.4. The SMILES string of the molecule is C.CN(C(=O)CCc1cccc(F)c1Cl)[C@@H](CCCNC(=O)NCCO)COC(=O)Nc1cc2ccccc2cn1. The van der Waals surface area contributed by atoms with Crippen LogP contribution in [0.3, 0.4) is 0 Å². The lowest BCUT2D eigenvalue weighted by Crippen LogP contribution is -2.42. The second kappa shape index (κ2) is 17.0. The van der Waals surface area contributed by atoms with Crippen LogP contribution in [0.2, 0.25) is 5.02 Å². The minimum absolute atomic E-state index is 0. The predicted molar refractivity (Wildman–Crippen MR) is 157 cm³/mol. The number of aryl methyl sites for hydroxylation is 1. The number of aromatic nitrogens is 1. The molecular weight excluding hydrogens is 553 g/mol. The fraction of sp³-hybridized carbons (Fsp3) is 0.379. The number of amides is 4. The van der Waals surface area contributed by atoms with Crippen LogP contribution in [0.4, 0.5) is 19.8 Å². The summed E-state index contributed by atoms with van der Waals surface area (Å²) in [5.41, 5.74) is 0.525. The molecule has 1 atom stereocenters. The summed E-state index contributed by atoms with van der Waals surface area (Å²) < 4.78 is 19.2. The normalized spacial score (nSPS) is 11.2. The molecule has 0 fully saturated rings. The third-order valence-electron chi connectivity index (χ3n) is 6.25. The number of nitrogens with one attached hydrogen (secondary N) is 3. The van der Waals surface area contributed by atoms with Crippen LogP contribution in [-0.4, -0.2) is 72.4 Å². The maximum atomic E-state index is 13.8. The fourth-order valence-electron chi connectivity index (χ4n) is 3.99. The highest BCUT2D eigenvalue weighted by atomic mass is 35.5. The number of nitrogens with zero attached hydrogens (tertiary/aromatic N) is 2. The van der Waals surface area contributed by atoms with Gasteiger partial charge in [0.25, 0.3) is 0 Å². The van der Waals surface area contributed by atoms with E-state index in [-0.39, 0.29) is 51.0 Å².